The molecule has 1 heterocycles. The number of carbonyl (C=O) groups is 1. The molecule has 0 atom stereocenters. The second kappa shape index (κ2) is 7.88. The fourth-order valence-electron chi connectivity index (χ4n) is 3.54. The molecule has 0 spiro atoms. The third-order valence-corrected chi connectivity index (χ3v) is 5.09. The molecule has 0 saturated carbocycles. The molecule has 0 saturated heterocycles. The molecule has 0 unspecified atom stereocenters. The van der Waals surface area contributed by atoms with Crippen LogP contribution in [0.25, 0.3) is 27.7 Å². The number of carbonyl (C=O) groups excluding carboxylic acids is 1. The smallest absolute Gasteiger partial charge is 0.276 e. The van der Waals surface area contributed by atoms with Crippen LogP contribution in [-0.2, 0) is 0 Å². The number of hydrogen-bond acceptors (Lipinski definition) is 2. The maximum Gasteiger partial charge on any atom is 0.276 e. The number of anilines is 1. The third kappa shape index (κ3) is 3.81. The van der Waals surface area contributed by atoms with Crippen LogP contribution >= 0.6 is 0 Å². The Morgan fingerprint density at radius 3 is 2.26 bits per heavy atom. The lowest BCUT2D eigenvalue weighted by molar-refractivity contribution is 0.102. The largest absolute Gasteiger partial charge is 0.321 e. The lowest BCUT2D eigenvalue weighted by Gasteiger charge is -2.08. The Kier molecular flexibility index (Phi) is 4.77. The van der Waals surface area contributed by atoms with Crippen LogP contribution in [0.4, 0.5) is 10.1 Å². The van der Waals surface area contributed by atoms with Crippen molar-refractivity contribution in [3.8, 4) is 16.9 Å². The van der Waals surface area contributed by atoms with E-state index in [1.165, 1.54) is 24.3 Å². The zero-order chi connectivity index (χ0) is 21.2. The quantitative estimate of drug-likeness (QED) is 0.392. The van der Waals surface area contributed by atoms with E-state index in [1.807, 2.05) is 48.5 Å². The number of benzene rings is 4. The highest BCUT2D eigenvalue weighted by atomic mass is 19.1. The monoisotopic (exact) mass is 407 g/mol. The van der Waals surface area contributed by atoms with Crippen molar-refractivity contribution in [2.45, 2.75) is 0 Å². The number of rotatable bonds is 4. The van der Waals surface area contributed by atoms with Gasteiger partial charge < -0.3 is 5.32 Å². The van der Waals surface area contributed by atoms with E-state index in [0.717, 1.165) is 27.7 Å². The van der Waals surface area contributed by atoms with Crippen LogP contribution in [0.2, 0.25) is 0 Å². The second-order valence-electron chi connectivity index (χ2n) is 7.19. The number of nitrogens with one attached hydrogen (secondary N) is 1. The number of fused-ring (bicyclic) bond motifs is 1. The molecule has 5 aromatic rings. The average molecular weight is 407 g/mol. The molecule has 1 amide bonds. The fraction of sp³-hybridized carbons (Fsp3) is 0. The Morgan fingerprint density at radius 1 is 0.774 bits per heavy atom. The van der Waals surface area contributed by atoms with Crippen LogP contribution in [0.5, 0.6) is 0 Å². The molecule has 0 aliphatic heterocycles. The van der Waals surface area contributed by atoms with E-state index in [9.17, 15) is 9.18 Å². The molecular formula is C26H18FN3O. The van der Waals surface area contributed by atoms with Gasteiger partial charge in [0.1, 0.15) is 5.82 Å². The van der Waals surface area contributed by atoms with Gasteiger partial charge in [-0.05, 0) is 59.3 Å². The summed E-state index contributed by atoms with van der Waals surface area (Å²) in [6.45, 7) is 0. The normalized spacial score (nSPS) is 10.9. The summed E-state index contributed by atoms with van der Waals surface area (Å²) < 4.78 is 14.9. The topological polar surface area (TPSA) is 46.9 Å². The van der Waals surface area contributed by atoms with E-state index in [4.69, 9.17) is 0 Å². The van der Waals surface area contributed by atoms with Gasteiger partial charge in [-0.25, -0.2) is 9.07 Å². The minimum Gasteiger partial charge on any atom is -0.321 e. The maximum atomic E-state index is 13.2. The molecular weight excluding hydrogens is 389 g/mol. The predicted octanol–water partition coefficient (Wildman–Crippen LogP) is 6.08. The van der Waals surface area contributed by atoms with Crippen molar-refractivity contribution in [2.75, 3.05) is 5.32 Å². The SMILES string of the molecule is O=C(Nc1ccc(F)cc1)c1cc(-c2ccc3ccccc3c2)n(-c2ccccc2)n1. The highest BCUT2D eigenvalue weighted by Gasteiger charge is 2.17. The number of aromatic nitrogens is 2. The maximum absolute atomic E-state index is 13.2. The molecule has 5 heteroatoms. The first-order chi connectivity index (χ1) is 15.2. The van der Waals surface area contributed by atoms with Gasteiger partial charge in [0.2, 0.25) is 0 Å². The van der Waals surface area contributed by atoms with Gasteiger partial charge in [0, 0.05) is 11.3 Å². The van der Waals surface area contributed by atoms with E-state index in [2.05, 4.69) is 34.7 Å². The van der Waals surface area contributed by atoms with Crippen molar-refractivity contribution in [1.82, 2.24) is 9.78 Å². The van der Waals surface area contributed by atoms with E-state index in [1.54, 1.807) is 10.7 Å². The first-order valence-corrected chi connectivity index (χ1v) is 9.89. The predicted molar refractivity (Wildman–Crippen MR) is 121 cm³/mol. The van der Waals surface area contributed by atoms with Gasteiger partial charge in [-0.2, -0.15) is 5.10 Å². The molecule has 0 bridgehead atoms. The van der Waals surface area contributed by atoms with Gasteiger partial charge in [-0.15, -0.1) is 0 Å². The molecule has 4 nitrogen and oxygen atoms in total. The van der Waals surface area contributed by atoms with Crippen LogP contribution in [-0.4, -0.2) is 15.7 Å². The van der Waals surface area contributed by atoms with Gasteiger partial charge in [-0.1, -0.05) is 54.6 Å². The highest BCUT2D eigenvalue weighted by molar-refractivity contribution is 6.03. The summed E-state index contributed by atoms with van der Waals surface area (Å²) in [5.41, 5.74) is 3.40. The number of para-hydroxylation sites is 1. The van der Waals surface area contributed by atoms with Crippen LogP contribution in [0.1, 0.15) is 10.5 Å². The number of hydrogen-bond donors (Lipinski definition) is 1. The average Bonchev–Trinajstić information content (AvgIpc) is 3.27. The third-order valence-electron chi connectivity index (χ3n) is 5.09. The van der Waals surface area contributed by atoms with E-state index in [0.29, 0.717) is 5.69 Å². The van der Waals surface area contributed by atoms with Gasteiger partial charge >= 0.3 is 0 Å². The van der Waals surface area contributed by atoms with Crippen molar-refractivity contribution in [3.05, 3.63) is 115 Å². The molecule has 1 aromatic heterocycles. The van der Waals surface area contributed by atoms with Crippen molar-refractivity contribution < 1.29 is 9.18 Å². The molecule has 150 valence electrons. The Balaban J connectivity index is 1.58. The van der Waals surface area contributed by atoms with Gasteiger partial charge in [0.25, 0.3) is 5.91 Å². The highest BCUT2D eigenvalue weighted by Crippen LogP contribution is 2.28. The second-order valence-corrected chi connectivity index (χ2v) is 7.19. The number of nitrogens with zero attached hydrogens (tertiary/aromatic N) is 2. The van der Waals surface area contributed by atoms with Crippen LogP contribution in [0.15, 0.2) is 103 Å². The van der Waals surface area contributed by atoms with Crippen LogP contribution in [0, 0.1) is 5.82 Å². The number of halogens is 1. The summed E-state index contributed by atoms with van der Waals surface area (Å²) in [7, 11) is 0. The molecule has 0 aliphatic carbocycles. The molecule has 5 rings (SSSR count). The summed E-state index contributed by atoms with van der Waals surface area (Å²) >= 11 is 0. The standard InChI is InChI=1S/C26H18FN3O/c27-21-12-14-22(15-13-21)28-26(31)24-17-25(30(29-24)23-8-2-1-3-9-23)20-11-10-18-6-4-5-7-19(18)16-20/h1-17H,(H,28,31). The summed E-state index contributed by atoms with van der Waals surface area (Å²) in [5, 5.41) is 9.61. The lowest BCUT2D eigenvalue weighted by Crippen LogP contribution is -2.13. The Hall–Kier alpha value is -4.25. The molecule has 0 aliphatic rings. The Labute approximate surface area is 178 Å². The summed E-state index contributed by atoms with van der Waals surface area (Å²) in [6, 6.07) is 31.4. The Morgan fingerprint density at radius 2 is 1.48 bits per heavy atom. The molecule has 0 radical (unpaired) electrons. The van der Waals surface area contributed by atoms with Gasteiger partial charge in [0.15, 0.2) is 5.69 Å². The zero-order valence-electron chi connectivity index (χ0n) is 16.5. The van der Waals surface area contributed by atoms with Crippen LogP contribution < -0.4 is 5.32 Å². The van der Waals surface area contributed by atoms with Gasteiger partial charge in [-0.3, -0.25) is 4.79 Å². The van der Waals surface area contributed by atoms with E-state index < -0.39 is 0 Å². The molecule has 31 heavy (non-hydrogen) atoms. The van der Waals surface area contributed by atoms with Crippen molar-refractivity contribution in [1.29, 1.82) is 0 Å². The molecule has 4 aromatic carbocycles. The van der Waals surface area contributed by atoms with Crippen molar-refractivity contribution >= 4 is 22.4 Å². The number of amides is 1. The zero-order valence-corrected chi connectivity index (χ0v) is 16.5. The van der Waals surface area contributed by atoms with E-state index >= 15 is 0 Å². The Bertz CT molecular complexity index is 1380. The first-order valence-electron chi connectivity index (χ1n) is 9.89. The lowest BCUT2D eigenvalue weighted by atomic mass is 10.0. The summed E-state index contributed by atoms with van der Waals surface area (Å²) in [5.74, 6) is -0.715. The first kappa shape index (κ1) is 18.8. The minimum atomic E-state index is -0.358. The summed E-state index contributed by atoms with van der Waals surface area (Å²) in [4.78, 5) is 12.9. The summed E-state index contributed by atoms with van der Waals surface area (Å²) in [6.07, 6.45) is 0. The van der Waals surface area contributed by atoms with Crippen LogP contribution in [0.3, 0.4) is 0 Å². The molecule has 0 fully saturated rings. The van der Waals surface area contributed by atoms with Crippen molar-refractivity contribution in [3.63, 3.8) is 0 Å². The van der Waals surface area contributed by atoms with Gasteiger partial charge in [0.05, 0.1) is 11.4 Å². The van der Waals surface area contributed by atoms with E-state index in [-0.39, 0.29) is 17.4 Å². The fourth-order valence-corrected chi connectivity index (χ4v) is 3.54. The van der Waals surface area contributed by atoms with Crippen molar-refractivity contribution in [2.24, 2.45) is 0 Å². The minimum absolute atomic E-state index is 0.274. The molecule has 1 N–H and O–H groups in total.